The van der Waals surface area contributed by atoms with Crippen LogP contribution in [0.4, 0.5) is 0 Å². The van der Waals surface area contributed by atoms with Gasteiger partial charge < -0.3 is 26.4 Å². The van der Waals surface area contributed by atoms with Gasteiger partial charge >= 0.3 is 0 Å². The van der Waals surface area contributed by atoms with Gasteiger partial charge in [0.1, 0.15) is 0 Å². The van der Waals surface area contributed by atoms with Crippen molar-refractivity contribution in [3.63, 3.8) is 0 Å². The molecule has 0 aromatic heterocycles. The summed E-state index contributed by atoms with van der Waals surface area (Å²) in [4.78, 5) is 10.6. The third kappa shape index (κ3) is 3.53. The number of hydrogen-bond acceptors (Lipinski definition) is 5. The van der Waals surface area contributed by atoms with Crippen molar-refractivity contribution in [3.05, 3.63) is 17.7 Å². The van der Waals surface area contributed by atoms with E-state index in [1.54, 1.807) is 6.92 Å². The van der Waals surface area contributed by atoms with Gasteiger partial charge in [-0.3, -0.25) is 4.79 Å². The van der Waals surface area contributed by atoms with Crippen LogP contribution in [-0.2, 0) is 11.3 Å². The van der Waals surface area contributed by atoms with E-state index in [9.17, 15) is 15.0 Å². The van der Waals surface area contributed by atoms with Gasteiger partial charge in [0, 0.05) is 24.6 Å². The lowest BCUT2D eigenvalue weighted by atomic mass is 10.1. The van der Waals surface area contributed by atoms with Gasteiger partial charge in [0.25, 0.3) is 0 Å². The Labute approximate surface area is 98.7 Å². The van der Waals surface area contributed by atoms with Gasteiger partial charge in [0.15, 0.2) is 11.5 Å². The average Bonchev–Trinajstić information content (AvgIpc) is 2.24. The van der Waals surface area contributed by atoms with E-state index in [1.807, 2.05) is 0 Å². The Kier molecular flexibility index (Phi) is 4.17. The molecule has 1 atom stereocenters. The van der Waals surface area contributed by atoms with Gasteiger partial charge in [-0.2, -0.15) is 0 Å². The maximum absolute atomic E-state index is 10.6. The van der Waals surface area contributed by atoms with E-state index in [1.165, 1.54) is 12.1 Å². The second-order valence-corrected chi connectivity index (χ2v) is 3.89. The molecule has 0 heterocycles. The van der Waals surface area contributed by atoms with Gasteiger partial charge in [-0.15, -0.1) is 0 Å². The van der Waals surface area contributed by atoms with Crippen LogP contribution in [-0.4, -0.2) is 27.3 Å². The summed E-state index contributed by atoms with van der Waals surface area (Å²) in [6.45, 7) is 2.04. The van der Waals surface area contributed by atoms with Gasteiger partial charge in [0.05, 0.1) is 0 Å². The fraction of sp³-hybridized carbons (Fsp3) is 0.364. The molecule has 0 spiro atoms. The minimum absolute atomic E-state index is 0.136. The monoisotopic (exact) mass is 240 g/mol. The summed E-state index contributed by atoms with van der Waals surface area (Å²) in [5, 5.41) is 30.9. The van der Waals surface area contributed by atoms with Crippen molar-refractivity contribution in [2.75, 3.05) is 0 Å². The Bertz CT molecular complexity index is 420. The van der Waals surface area contributed by atoms with Crippen molar-refractivity contribution in [3.8, 4) is 17.2 Å². The molecule has 0 saturated carbocycles. The zero-order valence-corrected chi connectivity index (χ0v) is 9.47. The molecule has 0 saturated heterocycles. The second kappa shape index (κ2) is 5.40. The van der Waals surface area contributed by atoms with E-state index in [4.69, 9.17) is 10.8 Å². The Balaban J connectivity index is 2.64. The number of carbonyl (C=O) groups is 1. The number of rotatable bonds is 5. The summed E-state index contributed by atoms with van der Waals surface area (Å²) < 4.78 is 0. The molecule has 6 heteroatoms. The van der Waals surface area contributed by atoms with Crippen molar-refractivity contribution >= 4 is 5.91 Å². The summed E-state index contributed by atoms with van der Waals surface area (Å²) in [6, 6.07) is 2.63. The molecular formula is C11H16N2O4. The van der Waals surface area contributed by atoms with E-state index in [2.05, 4.69) is 5.32 Å². The summed E-state index contributed by atoms with van der Waals surface area (Å²) in [5.41, 5.74) is 5.46. The van der Waals surface area contributed by atoms with Crippen LogP contribution in [0.1, 0.15) is 18.9 Å². The van der Waals surface area contributed by atoms with Crippen LogP contribution < -0.4 is 11.1 Å². The predicted octanol–water partition coefficient (Wildman–Crippen LogP) is 0.157. The smallest absolute Gasteiger partial charge is 0.218 e. The van der Waals surface area contributed by atoms with E-state index in [0.29, 0.717) is 5.56 Å². The number of aromatic hydroxyl groups is 3. The lowest BCUT2D eigenvalue weighted by molar-refractivity contribution is -0.118. The standard InChI is InChI=1S/C11H16N2O4/c1-6(4-9(12)15)13-5-7-2-3-8(14)11(17)10(7)16/h2-3,6,13-14,16-17H,4-5H2,1H3,(H2,12,15). The van der Waals surface area contributed by atoms with E-state index < -0.39 is 11.7 Å². The lowest BCUT2D eigenvalue weighted by Crippen LogP contribution is -2.30. The largest absolute Gasteiger partial charge is 0.504 e. The van der Waals surface area contributed by atoms with Crippen LogP contribution in [0.15, 0.2) is 12.1 Å². The quantitative estimate of drug-likeness (QED) is 0.470. The van der Waals surface area contributed by atoms with Crippen LogP contribution in [0, 0.1) is 0 Å². The number of nitrogens with one attached hydrogen (secondary N) is 1. The Morgan fingerprint density at radius 3 is 2.59 bits per heavy atom. The van der Waals surface area contributed by atoms with Gasteiger partial charge in [-0.25, -0.2) is 0 Å². The maximum atomic E-state index is 10.6. The van der Waals surface area contributed by atoms with Crippen LogP contribution in [0.25, 0.3) is 0 Å². The molecule has 0 aliphatic carbocycles. The summed E-state index contributed by atoms with van der Waals surface area (Å²) >= 11 is 0. The number of hydrogen-bond donors (Lipinski definition) is 5. The molecule has 0 fully saturated rings. The predicted molar refractivity (Wildman–Crippen MR) is 61.5 cm³/mol. The molecule has 6 nitrogen and oxygen atoms in total. The van der Waals surface area contributed by atoms with Crippen molar-refractivity contribution in [2.24, 2.45) is 5.73 Å². The molecule has 0 aliphatic heterocycles. The average molecular weight is 240 g/mol. The van der Waals surface area contributed by atoms with Crippen LogP contribution in [0.5, 0.6) is 17.2 Å². The van der Waals surface area contributed by atoms with E-state index in [-0.39, 0.29) is 30.5 Å². The van der Waals surface area contributed by atoms with Gasteiger partial charge in [-0.1, -0.05) is 6.07 Å². The highest BCUT2D eigenvalue weighted by atomic mass is 16.3. The number of phenols is 3. The highest BCUT2D eigenvalue weighted by Gasteiger charge is 2.12. The summed E-state index contributed by atoms with van der Waals surface area (Å²) in [7, 11) is 0. The number of phenolic OH excluding ortho intramolecular Hbond substituents is 3. The molecule has 17 heavy (non-hydrogen) atoms. The first-order valence-electron chi connectivity index (χ1n) is 5.16. The number of nitrogens with two attached hydrogens (primary N) is 1. The van der Waals surface area contributed by atoms with Crippen LogP contribution in [0.2, 0.25) is 0 Å². The van der Waals surface area contributed by atoms with Crippen LogP contribution >= 0.6 is 0 Å². The van der Waals surface area contributed by atoms with E-state index in [0.717, 1.165) is 0 Å². The first-order valence-corrected chi connectivity index (χ1v) is 5.16. The highest BCUT2D eigenvalue weighted by Crippen LogP contribution is 2.36. The van der Waals surface area contributed by atoms with Crippen LogP contribution in [0.3, 0.4) is 0 Å². The molecule has 1 aromatic carbocycles. The first-order chi connectivity index (χ1) is 7.91. The molecule has 1 aromatic rings. The molecule has 94 valence electrons. The minimum Gasteiger partial charge on any atom is -0.504 e. The molecular weight excluding hydrogens is 224 g/mol. The minimum atomic E-state index is -0.549. The highest BCUT2D eigenvalue weighted by molar-refractivity contribution is 5.74. The molecule has 0 bridgehead atoms. The zero-order chi connectivity index (χ0) is 13.0. The number of primary amides is 1. The molecule has 1 unspecified atom stereocenters. The third-order valence-corrected chi connectivity index (χ3v) is 2.36. The molecule has 0 aliphatic rings. The fourth-order valence-electron chi connectivity index (χ4n) is 1.41. The number of benzene rings is 1. The second-order valence-electron chi connectivity index (χ2n) is 3.89. The van der Waals surface area contributed by atoms with Crippen molar-refractivity contribution < 1.29 is 20.1 Å². The fourth-order valence-corrected chi connectivity index (χ4v) is 1.41. The van der Waals surface area contributed by atoms with Crippen molar-refractivity contribution in [2.45, 2.75) is 25.9 Å². The first kappa shape index (κ1) is 13.1. The van der Waals surface area contributed by atoms with Crippen molar-refractivity contribution in [1.29, 1.82) is 0 Å². The number of amides is 1. The third-order valence-electron chi connectivity index (χ3n) is 2.36. The summed E-state index contributed by atoms with van der Waals surface area (Å²) in [5.74, 6) is -1.71. The topological polar surface area (TPSA) is 116 Å². The Hall–Kier alpha value is -1.95. The zero-order valence-electron chi connectivity index (χ0n) is 9.47. The molecule has 6 N–H and O–H groups in total. The normalized spacial score (nSPS) is 12.3. The SMILES string of the molecule is CC(CC(N)=O)NCc1ccc(O)c(O)c1O. The summed E-state index contributed by atoms with van der Waals surface area (Å²) in [6.07, 6.45) is 0.185. The molecule has 0 radical (unpaired) electrons. The molecule has 1 rings (SSSR count). The molecule has 1 amide bonds. The Morgan fingerprint density at radius 1 is 1.35 bits per heavy atom. The van der Waals surface area contributed by atoms with Gasteiger partial charge in [-0.05, 0) is 13.0 Å². The Morgan fingerprint density at radius 2 is 2.00 bits per heavy atom. The van der Waals surface area contributed by atoms with Gasteiger partial charge in [0.2, 0.25) is 11.7 Å². The van der Waals surface area contributed by atoms with E-state index >= 15 is 0 Å². The van der Waals surface area contributed by atoms with Crippen molar-refractivity contribution in [1.82, 2.24) is 5.32 Å². The maximum Gasteiger partial charge on any atom is 0.218 e. The lowest BCUT2D eigenvalue weighted by Gasteiger charge is -2.13. The number of carbonyl (C=O) groups excluding carboxylic acids is 1.